The van der Waals surface area contributed by atoms with Crippen LogP contribution in [-0.2, 0) is 18.9 Å². The van der Waals surface area contributed by atoms with E-state index in [-0.39, 0.29) is 135 Å². The average Bonchev–Trinajstić information content (AvgIpc) is 1.95. The van der Waals surface area contributed by atoms with Gasteiger partial charge in [-0.3, -0.25) is 9.59 Å². The molecular weight excluding hydrogens is 403 g/mol. The van der Waals surface area contributed by atoms with Gasteiger partial charge in [0, 0.05) is 0 Å². The molecule has 0 fully saturated rings. The third-order valence-corrected chi connectivity index (χ3v) is 1.29. The summed E-state index contributed by atoms with van der Waals surface area (Å²) in [5, 5.41) is 33.8. The van der Waals surface area contributed by atoms with Crippen molar-refractivity contribution in [1.29, 1.82) is 0 Å². The molecule has 0 rings (SSSR count). The Labute approximate surface area is 230 Å². The molecule has 13 nitrogen and oxygen atoms in total. The number of aliphatic hydroxyl groups is 1. The van der Waals surface area contributed by atoms with Crippen molar-refractivity contribution in [2.24, 2.45) is 0 Å². The van der Waals surface area contributed by atoms with Crippen molar-refractivity contribution in [2.45, 2.75) is 18.4 Å². The molecule has 0 aliphatic carbocycles. The van der Waals surface area contributed by atoms with Gasteiger partial charge in [0.05, 0.1) is 12.8 Å². The van der Waals surface area contributed by atoms with E-state index in [9.17, 15) is 14.4 Å². The number of hydrogen-bond donors (Lipinski definition) is 7. The first-order valence-corrected chi connectivity index (χ1v) is 5.52. The number of aliphatic carboxylic acids is 3. The molecule has 11 N–H and O–H groups in total. The molecule has 0 aliphatic rings. The van der Waals surface area contributed by atoms with E-state index in [4.69, 9.17) is 39.7 Å². The molecule has 0 aromatic carbocycles. The smallest absolute Gasteiger partial charge is 1.00 e. The average molecular weight is 422 g/mol. The summed E-state index contributed by atoms with van der Waals surface area (Å²) in [6, 6.07) is 0. The molecule has 0 aromatic rings. The summed E-state index contributed by atoms with van der Waals surface area (Å²) in [4.78, 5) is 52.0. The summed E-state index contributed by atoms with van der Waals surface area (Å²) in [5.41, 5.74) is -2.74. The molecule has 0 heterocycles. The van der Waals surface area contributed by atoms with Gasteiger partial charge in [0.2, 0.25) is 0 Å². The van der Waals surface area contributed by atoms with Gasteiger partial charge < -0.3 is 51.8 Å². The van der Waals surface area contributed by atoms with Crippen molar-refractivity contribution < 1.29 is 189 Å². The maximum Gasteiger partial charge on any atom is 1.00 e. The maximum atomic E-state index is 10.3. The minimum absolute atomic E-state index is 0. The van der Waals surface area contributed by atoms with Crippen LogP contribution in [0.25, 0.3) is 0 Å². The van der Waals surface area contributed by atoms with E-state index in [1.165, 1.54) is 0 Å². The molecule has 0 aromatic heterocycles. The molecule has 0 bridgehead atoms. The van der Waals surface area contributed by atoms with Gasteiger partial charge in [0.25, 0.3) is 0 Å². The maximum absolute atomic E-state index is 10.3. The normalized spacial score (nSPS) is 8.33. The van der Waals surface area contributed by atoms with Gasteiger partial charge in [-0.1, -0.05) is 0 Å². The Morgan fingerprint density at radius 3 is 1.04 bits per heavy atom. The van der Waals surface area contributed by atoms with Gasteiger partial charge in [0.15, 0.2) is 5.60 Å². The molecular formula is C6H19Na4O13P. The summed E-state index contributed by atoms with van der Waals surface area (Å²) in [6.45, 7) is 0. The molecule has 0 atom stereocenters. The van der Waals surface area contributed by atoms with E-state index in [2.05, 4.69) is 0 Å². The van der Waals surface area contributed by atoms with Crippen molar-refractivity contribution in [3.63, 3.8) is 0 Å². The fraction of sp³-hybridized carbons (Fsp3) is 0.500. The van der Waals surface area contributed by atoms with E-state index in [1.807, 2.05) is 0 Å². The zero-order valence-electron chi connectivity index (χ0n) is 17.6. The Hall–Kier alpha value is 2.40. The summed E-state index contributed by atoms with van der Waals surface area (Å²) in [7, 11) is -4.64. The van der Waals surface area contributed by atoms with Gasteiger partial charge in [-0.05, 0) is 0 Å². The summed E-state index contributed by atoms with van der Waals surface area (Å²) >= 11 is 0. The third-order valence-electron chi connectivity index (χ3n) is 1.29. The van der Waals surface area contributed by atoms with Crippen molar-refractivity contribution in [2.75, 3.05) is 0 Å². The topological polar surface area (TPSA) is 273 Å². The third kappa shape index (κ3) is 39.5. The second-order valence-electron chi connectivity index (χ2n) is 2.99. The minimum atomic E-state index is -4.64. The fourth-order valence-corrected chi connectivity index (χ4v) is 0.714. The van der Waals surface area contributed by atoms with Crippen molar-refractivity contribution in [3.05, 3.63) is 0 Å². The summed E-state index contributed by atoms with van der Waals surface area (Å²) in [6.07, 6.45) is -2.29. The minimum Gasteiger partial charge on any atom is -1.00 e. The summed E-state index contributed by atoms with van der Waals surface area (Å²) < 4.78 is 8.88. The number of phosphoric acid groups is 1. The van der Waals surface area contributed by atoms with E-state index >= 15 is 0 Å². The molecule has 0 unspecified atom stereocenters. The van der Waals surface area contributed by atoms with Crippen LogP contribution in [0.1, 0.15) is 18.5 Å². The molecule has 130 valence electrons. The summed E-state index contributed by atoms with van der Waals surface area (Å²) in [5.74, 6) is -5.02. The van der Waals surface area contributed by atoms with Crippen LogP contribution in [0.3, 0.4) is 0 Å². The Balaban J connectivity index is -0.0000000156. The molecule has 0 spiro atoms. The quantitative estimate of drug-likeness (QED) is 0.161. The van der Waals surface area contributed by atoms with Gasteiger partial charge in [-0.15, -0.1) is 0 Å². The second-order valence-corrected chi connectivity index (χ2v) is 4.02. The Kier molecular flexibility index (Phi) is 49.1. The predicted molar refractivity (Wildman–Crippen MR) is 63.0 cm³/mol. The molecule has 0 saturated carbocycles. The van der Waals surface area contributed by atoms with Crippen LogP contribution < -0.4 is 118 Å². The largest absolute Gasteiger partial charge is 1.00 e. The molecule has 0 amide bonds. The first-order valence-electron chi connectivity index (χ1n) is 3.95. The van der Waals surface area contributed by atoms with E-state index < -0.39 is 44.2 Å². The van der Waals surface area contributed by atoms with Crippen LogP contribution >= 0.6 is 7.82 Å². The van der Waals surface area contributed by atoms with Crippen molar-refractivity contribution in [3.8, 4) is 0 Å². The SMILES string of the molecule is O.O.O=C(O)CC(O)(CC(=O)O)C(=O)O.O=P(O)(O)O.[H-].[H-].[H-].[H-].[Na+].[Na+].[Na+].[Na+]. The van der Waals surface area contributed by atoms with E-state index in [0.717, 1.165) is 0 Å². The van der Waals surface area contributed by atoms with Crippen LogP contribution in [0.5, 0.6) is 0 Å². The fourth-order valence-electron chi connectivity index (χ4n) is 0.714. The standard InChI is InChI=1S/C6H8O7.4Na.H3O4P.2H2O.4H/c7-3(8)1-6(13,5(11)12)2-4(9)10;;;;;1-5(2,3)4;;;;;;/h13H,1-2H2,(H,7,8)(H,9,10)(H,11,12);;;;;(H3,1,2,3,4);2*1H2;;;;/q;4*+1;;;;4*-1. The van der Waals surface area contributed by atoms with E-state index in [0.29, 0.717) is 0 Å². The number of hydrogen-bond acceptors (Lipinski definition) is 5. The zero-order valence-corrected chi connectivity index (χ0v) is 22.5. The number of carboxylic acid groups (broad SMARTS) is 3. The molecule has 0 aliphatic heterocycles. The van der Waals surface area contributed by atoms with Gasteiger partial charge in [-0.2, -0.15) is 0 Å². The molecule has 0 saturated heterocycles. The molecule has 0 radical (unpaired) electrons. The van der Waals surface area contributed by atoms with Gasteiger partial charge in [0.1, 0.15) is 0 Å². The van der Waals surface area contributed by atoms with E-state index in [1.54, 1.807) is 0 Å². The van der Waals surface area contributed by atoms with Crippen LogP contribution in [0.15, 0.2) is 0 Å². The van der Waals surface area contributed by atoms with Crippen LogP contribution in [-0.4, -0.2) is 69.6 Å². The van der Waals surface area contributed by atoms with Crippen molar-refractivity contribution in [1.82, 2.24) is 0 Å². The number of rotatable bonds is 5. The Morgan fingerprint density at radius 2 is 0.958 bits per heavy atom. The van der Waals surface area contributed by atoms with Crippen LogP contribution in [0.2, 0.25) is 0 Å². The Morgan fingerprint density at radius 1 is 0.792 bits per heavy atom. The number of carbonyl (C=O) groups is 3. The number of carboxylic acids is 3. The zero-order chi connectivity index (χ0) is 15.1. The second kappa shape index (κ2) is 23.4. The molecule has 18 heteroatoms. The molecule has 24 heavy (non-hydrogen) atoms. The first kappa shape index (κ1) is 50.3. The van der Waals surface area contributed by atoms with Gasteiger partial charge in [-0.25, -0.2) is 9.36 Å². The van der Waals surface area contributed by atoms with Crippen molar-refractivity contribution >= 4 is 25.7 Å². The monoisotopic (exact) mass is 422 g/mol. The predicted octanol–water partition coefficient (Wildman–Crippen LogP) is -15.4. The van der Waals surface area contributed by atoms with Crippen LogP contribution in [0.4, 0.5) is 0 Å². The first-order chi connectivity index (χ1) is 7.78. The Bertz CT molecular complexity index is 377. The van der Waals surface area contributed by atoms with Gasteiger partial charge >= 0.3 is 144 Å². The van der Waals surface area contributed by atoms with Crippen LogP contribution in [0, 0.1) is 0 Å².